The monoisotopic (exact) mass is 368 g/mol. The molecule has 1 aromatic carbocycles. The van der Waals surface area contributed by atoms with Gasteiger partial charge in [0.15, 0.2) is 5.76 Å². The fourth-order valence-electron chi connectivity index (χ4n) is 2.65. The van der Waals surface area contributed by atoms with E-state index >= 15 is 0 Å². The van der Waals surface area contributed by atoms with Crippen molar-refractivity contribution in [1.29, 1.82) is 0 Å². The number of nitrogens with one attached hydrogen (secondary N) is 2. The standard InChI is InChI=1S/C20H20N2O3S/c1-12-6-7-15(13(2)9-12)11-21-20(24)18-14(3)10-17(26-18)22-19(23)16-5-4-8-25-16/h4-10H,11H2,1-3H3,(H,21,24)(H,22,23). The summed E-state index contributed by atoms with van der Waals surface area (Å²) in [7, 11) is 0. The van der Waals surface area contributed by atoms with Crippen LogP contribution in [0.1, 0.15) is 42.5 Å². The van der Waals surface area contributed by atoms with Crippen molar-refractivity contribution in [2.75, 3.05) is 5.32 Å². The number of carbonyl (C=O) groups is 2. The Balaban J connectivity index is 1.66. The summed E-state index contributed by atoms with van der Waals surface area (Å²) >= 11 is 1.25. The summed E-state index contributed by atoms with van der Waals surface area (Å²) in [5.41, 5.74) is 4.26. The van der Waals surface area contributed by atoms with Gasteiger partial charge in [-0.15, -0.1) is 11.3 Å². The lowest BCUT2D eigenvalue weighted by Gasteiger charge is -2.08. The third-order valence-electron chi connectivity index (χ3n) is 4.04. The number of rotatable bonds is 5. The second kappa shape index (κ2) is 7.58. The van der Waals surface area contributed by atoms with Gasteiger partial charge in [-0.2, -0.15) is 0 Å². The molecule has 0 saturated carbocycles. The van der Waals surface area contributed by atoms with Gasteiger partial charge in [0.25, 0.3) is 11.8 Å². The summed E-state index contributed by atoms with van der Waals surface area (Å²) in [5, 5.41) is 6.32. The molecule has 134 valence electrons. The molecule has 0 aliphatic carbocycles. The van der Waals surface area contributed by atoms with Gasteiger partial charge in [0.05, 0.1) is 16.1 Å². The molecule has 2 heterocycles. The number of benzene rings is 1. The maximum Gasteiger partial charge on any atom is 0.291 e. The minimum Gasteiger partial charge on any atom is -0.459 e. The van der Waals surface area contributed by atoms with Crippen molar-refractivity contribution >= 4 is 28.2 Å². The van der Waals surface area contributed by atoms with Gasteiger partial charge in [0.1, 0.15) is 0 Å². The number of aryl methyl sites for hydroxylation is 3. The first-order valence-electron chi connectivity index (χ1n) is 8.23. The molecule has 0 radical (unpaired) electrons. The van der Waals surface area contributed by atoms with Crippen molar-refractivity contribution in [2.24, 2.45) is 0 Å². The van der Waals surface area contributed by atoms with Crippen molar-refractivity contribution < 1.29 is 14.0 Å². The number of hydrogen-bond donors (Lipinski definition) is 2. The number of carbonyl (C=O) groups excluding carboxylic acids is 2. The highest BCUT2D eigenvalue weighted by molar-refractivity contribution is 7.18. The van der Waals surface area contributed by atoms with Gasteiger partial charge in [0, 0.05) is 6.54 Å². The number of thiophene rings is 1. The molecule has 0 unspecified atom stereocenters. The Hall–Kier alpha value is -2.86. The summed E-state index contributed by atoms with van der Waals surface area (Å²) in [6.45, 7) is 6.40. The number of amides is 2. The first-order chi connectivity index (χ1) is 12.4. The summed E-state index contributed by atoms with van der Waals surface area (Å²) in [6.07, 6.45) is 1.44. The highest BCUT2D eigenvalue weighted by Crippen LogP contribution is 2.27. The molecule has 3 rings (SSSR count). The van der Waals surface area contributed by atoms with E-state index in [0.717, 1.165) is 16.7 Å². The van der Waals surface area contributed by atoms with Crippen LogP contribution in [0.25, 0.3) is 0 Å². The molecule has 0 aliphatic rings. The molecule has 3 aromatic rings. The van der Waals surface area contributed by atoms with Crippen molar-refractivity contribution in [3.63, 3.8) is 0 Å². The van der Waals surface area contributed by atoms with Crippen molar-refractivity contribution in [1.82, 2.24) is 5.32 Å². The van der Waals surface area contributed by atoms with Gasteiger partial charge < -0.3 is 15.1 Å². The van der Waals surface area contributed by atoms with Crippen molar-refractivity contribution in [3.05, 3.63) is 75.6 Å². The van der Waals surface area contributed by atoms with Crippen LogP contribution in [0.2, 0.25) is 0 Å². The molecule has 5 nitrogen and oxygen atoms in total. The molecule has 0 saturated heterocycles. The Kier molecular flexibility index (Phi) is 5.23. The maximum absolute atomic E-state index is 12.5. The third-order valence-corrected chi connectivity index (χ3v) is 5.19. The molecule has 2 N–H and O–H groups in total. The van der Waals surface area contributed by atoms with Gasteiger partial charge in [-0.05, 0) is 55.7 Å². The van der Waals surface area contributed by atoms with Crippen LogP contribution >= 0.6 is 11.3 Å². The molecule has 0 spiro atoms. The summed E-state index contributed by atoms with van der Waals surface area (Å²) < 4.78 is 5.07. The van der Waals surface area contributed by atoms with Crippen molar-refractivity contribution in [3.8, 4) is 0 Å². The zero-order valence-corrected chi connectivity index (χ0v) is 15.7. The Morgan fingerprint density at radius 2 is 1.85 bits per heavy atom. The van der Waals surface area contributed by atoms with Crippen LogP contribution in [0, 0.1) is 20.8 Å². The minimum absolute atomic E-state index is 0.147. The van der Waals surface area contributed by atoms with E-state index in [1.165, 1.54) is 23.2 Å². The molecule has 0 atom stereocenters. The van der Waals surface area contributed by atoms with Crippen LogP contribution in [0.15, 0.2) is 47.1 Å². The summed E-state index contributed by atoms with van der Waals surface area (Å²) in [5.74, 6) is -0.249. The van der Waals surface area contributed by atoms with E-state index < -0.39 is 0 Å². The number of anilines is 1. The summed E-state index contributed by atoms with van der Waals surface area (Å²) in [6, 6.07) is 11.2. The predicted molar refractivity (Wildman–Crippen MR) is 103 cm³/mol. The van der Waals surface area contributed by atoms with E-state index in [1.807, 2.05) is 32.9 Å². The van der Waals surface area contributed by atoms with E-state index in [1.54, 1.807) is 18.2 Å². The average Bonchev–Trinajstić information content (AvgIpc) is 3.23. The van der Waals surface area contributed by atoms with Gasteiger partial charge >= 0.3 is 0 Å². The molecule has 26 heavy (non-hydrogen) atoms. The highest BCUT2D eigenvalue weighted by Gasteiger charge is 2.16. The van der Waals surface area contributed by atoms with Crippen LogP contribution in [0.4, 0.5) is 5.00 Å². The molecule has 0 aliphatic heterocycles. The second-order valence-corrected chi connectivity index (χ2v) is 7.22. The molecular formula is C20H20N2O3S. The number of hydrogen-bond acceptors (Lipinski definition) is 4. The van der Waals surface area contributed by atoms with E-state index in [9.17, 15) is 9.59 Å². The molecular weight excluding hydrogens is 348 g/mol. The topological polar surface area (TPSA) is 71.3 Å². The van der Waals surface area contributed by atoms with Gasteiger partial charge in [0.2, 0.25) is 0 Å². The smallest absolute Gasteiger partial charge is 0.291 e. The van der Waals surface area contributed by atoms with E-state index in [2.05, 4.69) is 16.7 Å². The summed E-state index contributed by atoms with van der Waals surface area (Å²) in [4.78, 5) is 25.1. The molecule has 2 aromatic heterocycles. The van der Waals surface area contributed by atoms with E-state index in [0.29, 0.717) is 16.4 Å². The van der Waals surface area contributed by atoms with Crippen LogP contribution in [0.3, 0.4) is 0 Å². The molecule has 6 heteroatoms. The Labute approximate surface area is 156 Å². The zero-order chi connectivity index (χ0) is 18.7. The van der Waals surface area contributed by atoms with E-state index in [-0.39, 0.29) is 17.6 Å². The highest BCUT2D eigenvalue weighted by atomic mass is 32.1. The first-order valence-corrected chi connectivity index (χ1v) is 9.05. The van der Waals surface area contributed by atoms with Crippen molar-refractivity contribution in [2.45, 2.75) is 27.3 Å². The quantitative estimate of drug-likeness (QED) is 0.699. The lowest BCUT2D eigenvalue weighted by molar-refractivity contribution is 0.0953. The molecule has 0 fully saturated rings. The lowest BCUT2D eigenvalue weighted by atomic mass is 10.1. The second-order valence-electron chi connectivity index (χ2n) is 6.17. The Morgan fingerprint density at radius 3 is 2.54 bits per heavy atom. The fourth-order valence-corrected chi connectivity index (χ4v) is 3.63. The Bertz CT molecular complexity index is 942. The lowest BCUT2D eigenvalue weighted by Crippen LogP contribution is -2.22. The molecule has 2 amide bonds. The van der Waals surface area contributed by atoms with Crippen LogP contribution in [-0.4, -0.2) is 11.8 Å². The maximum atomic E-state index is 12.5. The normalized spacial score (nSPS) is 10.6. The van der Waals surface area contributed by atoms with E-state index in [4.69, 9.17) is 4.42 Å². The SMILES string of the molecule is Cc1ccc(CNC(=O)c2sc(NC(=O)c3ccco3)cc2C)c(C)c1. The predicted octanol–water partition coefficient (Wildman–Crippen LogP) is 4.45. The van der Waals surface area contributed by atoms with Gasteiger partial charge in [-0.1, -0.05) is 23.8 Å². The Morgan fingerprint density at radius 1 is 1.04 bits per heavy atom. The van der Waals surface area contributed by atoms with Crippen LogP contribution in [-0.2, 0) is 6.54 Å². The van der Waals surface area contributed by atoms with Crippen LogP contribution in [0.5, 0.6) is 0 Å². The minimum atomic E-state index is -0.335. The largest absolute Gasteiger partial charge is 0.459 e. The van der Waals surface area contributed by atoms with Crippen LogP contribution < -0.4 is 10.6 Å². The average molecular weight is 368 g/mol. The van der Waals surface area contributed by atoms with Gasteiger partial charge in [-0.25, -0.2) is 0 Å². The number of furan rings is 1. The fraction of sp³-hybridized carbons (Fsp3) is 0.200. The third kappa shape index (κ3) is 4.03. The van der Waals surface area contributed by atoms with Gasteiger partial charge in [-0.3, -0.25) is 9.59 Å². The zero-order valence-electron chi connectivity index (χ0n) is 14.9. The molecule has 0 bridgehead atoms. The first kappa shape index (κ1) is 17.9.